The van der Waals surface area contributed by atoms with Crippen LogP contribution in [0.15, 0.2) is 77.7 Å². The Balaban J connectivity index is 1.67. The van der Waals surface area contributed by atoms with Crippen molar-refractivity contribution < 1.29 is 13.2 Å². The van der Waals surface area contributed by atoms with E-state index in [2.05, 4.69) is 15.4 Å². The Bertz CT molecular complexity index is 1090. The molecule has 0 spiro atoms. The second-order valence-corrected chi connectivity index (χ2v) is 8.13. The van der Waals surface area contributed by atoms with Gasteiger partial charge in [0.05, 0.1) is 10.6 Å². The molecule has 3 aromatic carbocycles. The van der Waals surface area contributed by atoms with Crippen LogP contribution in [-0.4, -0.2) is 14.4 Å². The largest absolute Gasteiger partial charge is 0.323 e. The lowest BCUT2D eigenvalue weighted by atomic mass is 10.2. The van der Waals surface area contributed by atoms with E-state index in [4.69, 9.17) is 11.6 Å². The molecule has 0 heterocycles. The van der Waals surface area contributed by atoms with Crippen LogP contribution in [-0.2, 0) is 10.0 Å². The van der Waals surface area contributed by atoms with Gasteiger partial charge in [0, 0.05) is 16.4 Å². The molecule has 0 unspecified atom stereocenters. The SMILES string of the molecule is Cc1ccc(NS(=O)(=O)c2ccc(NC(=O)Nc3ccccc3)cc2)cc1Cl. The van der Waals surface area contributed by atoms with Gasteiger partial charge in [0.1, 0.15) is 0 Å². The summed E-state index contributed by atoms with van der Waals surface area (Å²) in [6.07, 6.45) is 0. The summed E-state index contributed by atoms with van der Waals surface area (Å²) in [5, 5.41) is 5.81. The van der Waals surface area contributed by atoms with Crippen LogP contribution >= 0.6 is 11.6 Å². The minimum Gasteiger partial charge on any atom is -0.308 e. The number of carbonyl (C=O) groups is 1. The predicted octanol–water partition coefficient (Wildman–Crippen LogP) is 5.09. The Kier molecular flexibility index (Phi) is 5.87. The molecule has 0 saturated carbocycles. The van der Waals surface area contributed by atoms with Gasteiger partial charge in [0.15, 0.2) is 0 Å². The van der Waals surface area contributed by atoms with Crippen LogP contribution in [0.3, 0.4) is 0 Å². The number of amides is 2. The van der Waals surface area contributed by atoms with Crippen molar-refractivity contribution in [1.82, 2.24) is 0 Å². The quantitative estimate of drug-likeness (QED) is 0.542. The lowest BCUT2D eigenvalue weighted by Gasteiger charge is -2.11. The fourth-order valence-corrected chi connectivity index (χ4v) is 3.63. The lowest BCUT2D eigenvalue weighted by Crippen LogP contribution is -2.19. The molecule has 0 atom stereocenters. The highest BCUT2D eigenvalue weighted by molar-refractivity contribution is 7.92. The molecule has 8 heteroatoms. The highest BCUT2D eigenvalue weighted by Crippen LogP contribution is 2.23. The van der Waals surface area contributed by atoms with Crippen LogP contribution in [0.4, 0.5) is 21.9 Å². The van der Waals surface area contributed by atoms with E-state index in [0.717, 1.165) is 5.56 Å². The number of carbonyl (C=O) groups excluding carboxylic acids is 1. The molecule has 0 saturated heterocycles. The minimum absolute atomic E-state index is 0.0678. The van der Waals surface area contributed by atoms with Crippen molar-refractivity contribution in [2.75, 3.05) is 15.4 Å². The second kappa shape index (κ2) is 8.33. The van der Waals surface area contributed by atoms with Crippen LogP contribution in [0, 0.1) is 6.92 Å². The Morgan fingerprint density at radius 1 is 0.821 bits per heavy atom. The Hall–Kier alpha value is -3.03. The Morgan fingerprint density at radius 3 is 2.00 bits per heavy atom. The van der Waals surface area contributed by atoms with E-state index in [9.17, 15) is 13.2 Å². The van der Waals surface area contributed by atoms with E-state index in [-0.39, 0.29) is 4.90 Å². The maximum absolute atomic E-state index is 12.5. The number of rotatable bonds is 5. The van der Waals surface area contributed by atoms with Gasteiger partial charge >= 0.3 is 6.03 Å². The molecular formula is C20H18ClN3O3S. The summed E-state index contributed by atoms with van der Waals surface area (Å²) in [6, 6.07) is 19.4. The highest BCUT2D eigenvalue weighted by atomic mass is 35.5. The molecule has 0 aromatic heterocycles. The average Bonchev–Trinajstić information content (AvgIpc) is 2.66. The molecule has 28 heavy (non-hydrogen) atoms. The zero-order chi connectivity index (χ0) is 20.1. The molecule has 3 aromatic rings. The van der Waals surface area contributed by atoms with E-state index in [1.165, 1.54) is 24.3 Å². The van der Waals surface area contributed by atoms with Gasteiger partial charge in [0.2, 0.25) is 0 Å². The first-order chi connectivity index (χ1) is 13.3. The first-order valence-electron chi connectivity index (χ1n) is 8.35. The monoisotopic (exact) mass is 415 g/mol. The Labute approximate surface area is 168 Å². The standard InChI is InChI=1S/C20H18ClN3O3S/c1-14-7-8-17(13-19(14)21)24-28(26,27)18-11-9-16(10-12-18)23-20(25)22-15-5-3-2-4-6-15/h2-13,24H,1H3,(H2,22,23,25). The second-order valence-electron chi connectivity index (χ2n) is 6.04. The summed E-state index contributed by atoms with van der Waals surface area (Å²) in [6.45, 7) is 1.83. The third kappa shape index (κ3) is 5.03. The van der Waals surface area contributed by atoms with E-state index < -0.39 is 16.1 Å². The zero-order valence-corrected chi connectivity index (χ0v) is 16.5. The van der Waals surface area contributed by atoms with Crippen LogP contribution < -0.4 is 15.4 Å². The summed E-state index contributed by atoms with van der Waals surface area (Å²) in [5.74, 6) is 0. The van der Waals surface area contributed by atoms with E-state index in [1.54, 1.807) is 30.3 Å². The summed E-state index contributed by atoms with van der Waals surface area (Å²) in [7, 11) is -3.77. The average molecular weight is 416 g/mol. The number of sulfonamides is 1. The number of benzene rings is 3. The minimum atomic E-state index is -3.77. The van der Waals surface area contributed by atoms with Gasteiger partial charge in [-0.05, 0) is 61.0 Å². The van der Waals surface area contributed by atoms with Crippen molar-refractivity contribution in [3.8, 4) is 0 Å². The molecule has 0 aliphatic carbocycles. The summed E-state index contributed by atoms with van der Waals surface area (Å²) >= 11 is 6.03. The predicted molar refractivity (Wildman–Crippen MR) is 113 cm³/mol. The van der Waals surface area contributed by atoms with Crippen LogP contribution in [0.1, 0.15) is 5.56 Å². The van der Waals surface area contributed by atoms with Crippen molar-refractivity contribution >= 4 is 44.7 Å². The molecule has 6 nitrogen and oxygen atoms in total. The molecule has 2 amide bonds. The number of nitrogens with one attached hydrogen (secondary N) is 3. The molecule has 144 valence electrons. The van der Waals surface area contributed by atoms with Gasteiger partial charge in [-0.3, -0.25) is 4.72 Å². The van der Waals surface area contributed by atoms with Crippen molar-refractivity contribution in [2.45, 2.75) is 11.8 Å². The zero-order valence-electron chi connectivity index (χ0n) is 14.9. The summed E-state index contributed by atoms with van der Waals surface area (Å²) in [5.41, 5.74) is 2.35. The smallest absolute Gasteiger partial charge is 0.308 e. The number of halogens is 1. The fraction of sp³-hybridized carbons (Fsp3) is 0.0500. The summed E-state index contributed by atoms with van der Waals surface area (Å²) in [4.78, 5) is 12.1. The third-order valence-electron chi connectivity index (χ3n) is 3.88. The van der Waals surface area contributed by atoms with Crippen LogP contribution in [0.25, 0.3) is 0 Å². The van der Waals surface area contributed by atoms with Crippen molar-refractivity contribution in [3.63, 3.8) is 0 Å². The van der Waals surface area contributed by atoms with Crippen LogP contribution in [0.2, 0.25) is 5.02 Å². The molecule has 3 N–H and O–H groups in total. The molecular weight excluding hydrogens is 398 g/mol. The van der Waals surface area contributed by atoms with Gasteiger partial charge in [-0.1, -0.05) is 35.9 Å². The molecule has 0 radical (unpaired) electrons. The van der Waals surface area contributed by atoms with Gasteiger partial charge < -0.3 is 10.6 Å². The van der Waals surface area contributed by atoms with E-state index in [0.29, 0.717) is 22.1 Å². The Morgan fingerprint density at radius 2 is 1.39 bits per heavy atom. The molecule has 0 aliphatic rings. The third-order valence-corrected chi connectivity index (χ3v) is 5.68. The van der Waals surface area contributed by atoms with Gasteiger partial charge in [-0.25, -0.2) is 13.2 Å². The fourth-order valence-electron chi connectivity index (χ4n) is 2.40. The van der Waals surface area contributed by atoms with Crippen molar-refractivity contribution in [3.05, 3.63) is 83.4 Å². The van der Waals surface area contributed by atoms with Crippen molar-refractivity contribution in [1.29, 1.82) is 0 Å². The first-order valence-corrected chi connectivity index (χ1v) is 10.2. The van der Waals surface area contributed by atoms with Gasteiger partial charge in [-0.15, -0.1) is 0 Å². The number of urea groups is 1. The molecule has 0 aliphatic heterocycles. The lowest BCUT2D eigenvalue weighted by molar-refractivity contribution is 0.262. The molecule has 0 bridgehead atoms. The first kappa shape index (κ1) is 19.7. The maximum atomic E-state index is 12.5. The van der Waals surface area contributed by atoms with Gasteiger partial charge in [0.25, 0.3) is 10.0 Å². The number of hydrogen-bond donors (Lipinski definition) is 3. The highest BCUT2D eigenvalue weighted by Gasteiger charge is 2.15. The number of aryl methyl sites for hydroxylation is 1. The summed E-state index contributed by atoms with van der Waals surface area (Å²) < 4.78 is 27.5. The number of hydrogen-bond acceptors (Lipinski definition) is 3. The topological polar surface area (TPSA) is 87.3 Å². The van der Waals surface area contributed by atoms with Crippen LogP contribution in [0.5, 0.6) is 0 Å². The molecule has 3 rings (SSSR count). The number of anilines is 3. The van der Waals surface area contributed by atoms with E-state index >= 15 is 0 Å². The van der Waals surface area contributed by atoms with Gasteiger partial charge in [-0.2, -0.15) is 0 Å². The van der Waals surface area contributed by atoms with E-state index in [1.807, 2.05) is 25.1 Å². The number of para-hydroxylation sites is 1. The maximum Gasteiger partial charge on any atom is 0.323 e. The normalized spacial score (nSPS) is 10.9. The molecule has 0 fully saturated rings. The van der Waals surface area contributed by atoms with Crippen molar-refractivity contribution in [2.24, 2.45) is 0 Å².